The van der Waals surface area contributed by atoms with E-state index in [9.17, 15) is 4.79 Å². The SMILES string of the molecule is CCNC(=NCc1cccc(NC(=O)CC(C)C)c1)NCCc1csc(C)n1. The van der Waals surface area contributed by atoms with Crippen LogP contribution in [0.3, 0.4) is 0 Å². The predicted molar refractivity (Wildman–Crippen MR) is 118 cm³/mol. The lowest BCUT2D eigenvalue weighted by atomic mass is 10.1. The molecule has 0 bridgehead atoms. The molecule has 2 aromatic rings. The van der Waals surface area contributed by atoms with Crippen molar-refractivity contribution in [3.8, 4) is 0 Å². The topological polar surface area (TPSA) is 78.4 Å². The second kappa shape index (κ2) is 11.4. The van der Waals surface area contributed by atoms with Crippen LogP contribution >= 0.6 is 11.3 Å². The van der Waals surface area contributed by atoms with Crippen LogP contribution in [0, 0.1) is 12.8 Å². The molecule has 1 aromatic carbocycles. The number of rotatable bonds is 9. The summed E-state index contributed by atoms with van der Waals surface area (Å²) < 4.78 is 0. The fourth-order valence-electron chi connectivity index (χ4n) is 2.67. The van der Waals surface area contributed by atoms with Gasteiger partial charge in [-0.15, -0.1) is 11.3 Å². The zero-order valence-electron chi connectivity index (χ0n) is 17.2. The van der Waals surface area contributed by atoms with Crippen LogP contribution in [-0.4, -0.2) is 29.9 Å². The van der Waals surface area contributed by atoms with Crippen molar-refractivity contribution in [1.82, 2.24) is 15.6 Å². The van der Waals surface area contributed by atoms with Gasteiger partial charge in [-0.25, -0.2) is 9.98 Å². The number of nitrogens with one attached hydrogen (secondary N) is 3. The third kappa shape index (κ3) is 8.08. The fraction of sp³-hybridized carbons (Fsp3) is 0.476. The second-order valence-corrected chi connectivity index (χ2v) is 8.14. The highest BCUT2D eigenvalue weighted by Gasteiger charge is 2.06. The number of nitrogens with zero attached hydrogens (tertiary/aromatic N) is 2. The monoisotopic (exact) mass is 401 g/mol. The highest BCUT2D eigenvalue weighted by atomic mass is 32.1. The molecule has 7 heteroatoms. The van der Waals surface area contributed by atoms with Gasteiger partial charge in [-0.1, -0.05) is 26.0 Å². The highest BCUT2D eigenvalue weighted by Crippen LogP contribution is 2.13. The molecule has 0 unspecified atom stereocenters. The lowest BCUT2D eigenvalue weighted by molar-refractivity contribution is -0.116. The molecule has 152 valence electrons. The van der Waals surface area contributed by atoms with E-state index >= 15 is 0 Å². The van der Waals surface area contributed by atoms with Gasteiger partial charge in [0.15, 0.2) is 5.96 Å². The quantitative estimate of drug-likeness (QED) is 0.442. The van der Waals surface area contributed by atoms with Crippen molar-refractivity contribution >= 4 is 28.9 Å². The fourth-order valence-corrected chi connectivity index (χ4v) is 3.32. The number of hydrogen-bond acceptors (Lipinski definition) is 4. The maximum absolute atomic E-state index is 12.0. The predicted octanol–water partition coefficient (Wildman–Crippen LogP) is 3.73. The average Bonchev–Trinajstić information content (AvgIpc) is 3.04. The summed E-state index contributed by atoms with van der Waals surface area (Å²) in [4.78, 5) is 21.1. The molecule has 0 aliphatic carbocycles. The van der Waals surface area contributed by atoms with Crippen LogP contribution in [0.15, 0.2) is 34.6 Å². The van der Waals surface area contributed by atoms with Gasteiger partial charge < -0.3 is 16.0 Å². The normalized spacial score (nSPS) is 11.5. The molecular weight excluding hydrogens is 370 g/mol. The summed E-state index contributed by atoms with van der Waals surface area (Å²) in [5.74, 6) is 1.17. The van der Waals surface area contributed by atoms with Crippen molar-refractivity contribution < 1.29 is 4.79 Å². The standard InChI is InChI=1S/C21H31N5OS/c1-5-22-21(23-10-9-19-14-28-16(4)25-19)24-13-17-7-6-8-18(12-17)26-20(27)11-15(2)3/h6-8,12,14-15H,5,9-11,13H2,1-4H3,(H,26,27)(H2,22,23,24). The van der Waals surface area contributed by atoms with E-state index in [2.05, 4.69) is 31.3 Å². The van der Waals surface area contributed by atoms with Crippen LogP contribution in [0.5, 0.6) is 0 Å². The summed E-state index contributed by atoms with van der Waals surface area (Å²) >= 11 is 1.67. The molecule has 2 rings (SSSR count). The number of thiazole rings is 1. The van der Waals surface area contributed by atoms with Crippen LogP contribution in [-0.2, 0) is 17.8 Å². The van der Waals surface area contributed by atoms with Crippen LogP contribution < -0.4 is 16.0 Å². The first-order chi connectivity index (χ1) is 13.5. The van der Waals surface area contributed by atoms with Crippen LogP contribution in [0.4, 0.5) is 5.69 Å². The molecule has 0 saturated heterocycles. The molecule has 1 aromatic heterocycles. The summed E-state index contributed by atoms with van der Waals surface area (Å²) in [6.45, 7) is 10.3. The number of anilines is 1. The minimum absolute atomic E-state index is 0.0444. The molecule has 0 aliphatic rings. The molecule has 0 aliphatic heterocycles. The maximum Gasteiger partial charge on any atom is 0.224 e. The van der Waals surface area contributed by atoms with E-state index in [1.165, 1.54) is 0 Å². The van der Waals surface area contributed by atoms with E-state index < -0.39 is 0 Å². The Morgan fingerprint density at radius 1 is 1.29 bits per heavy atom. The Kier molecular flexibility index (Phi) is 8.94. The number of benzene rings is 1. The Bertz CT molecular complexity index is 785. The Morgan fingerprint density at radius 2 is 2.11 bits per heavy atom. The number of amides is 1. The van der Waals surface area contributed by atoms with Gasteiger partial charge in [0.25, 0.3) is 0 Å². The molecule has 0 atom stereocenters. The van der Waals surface area contributed by atoms with Gasteiger partial charge in [-0.3, -0.25) is 4.79 Å². The Morgan fingerprint density at radius 3 is 2.79 bits per heavy atom. The highest BCUT2D eigenvalue weighted by molar-refractivity contribution is 7.09. The van der Waals surface area contributed by atoms with Crippen LogP contribution in [0.25, 0.3) is 0 Å². The Labute approximate surface area is 171 Å². The van der Waals surface area contributed by atoms with Gasteiger partial charge in [-0.05, 0) is 37.5 Å². The molecule has 28 heavy (non-hydrogen) atoms. The lowest BCUT2D eigenvalue weighted by Crippen LogP contribution is -2.38. The molecule has 1 heterocycles. The van der Waals surface area contributed by atoms with Gasteiger partial charge in [0, 0.05) is 37.0 Å². The van der Waals surface area contributed by atoms with E-state index in [4.69, 9.17) is 0 Å². The molecule has 6 nitrogen and oxygen atoms in total. The zero-order valence-corrected chi connectivity index (χ0v) is 18.0. The summed E-state index contributed by atoms with van der Waals surface area (Å²) in [5.41, 5.74) is 2.97. The molecule has 0 fully saturated rings. The first-order valence-electron chi connectivity index (χ1n) is 9.78. The largest absolute Gasteiger partial charge is 0.357 e. The van der Waals surface area contributed by atoms with Crippen LogP contribution in [0.1, 0.15) is 43.5 Å². The summed E-state index contributed by atoms with van der Waals surface area (Å²) in [6.07, 6.45) is 1.39. The molecule has 3 N–H and O–H groups in total. The molecule has 0 radical (unpaired) electrons. The molecule has 0 spiro atoms. The average molecular weight is 402 g/mol. The van der Waals surface area contributed by atoms with Gasteiger partial charge >= 0.3 is 0 Å². The van der Waals surface area contributed by atoms with Crippen molar-refractivity contribution in [2.75, 3.05) is 18.4 Å². The van der Waals surface area contributed by atoms with Crippen LogP contribution in [0.2, 0.25) is 0 Å². The summed E-state index contributed by atoms with van der Waals surface area (Å²) in [7, 11) is 0. The van der Waals surface area contributed by atoms with E-state index in [1.54, 1.807) is 11.3 Å². The number of carbonyl (C=O) groups excluding carboxylic acids is 1. The minimum atomic E-state index is 0.0444. The lowest BCUT2D eigenvalue weighted by Gasteiger charge is -2.11. The Hall–Kier alpha value is -2.41. The van der Waals surface area contributed by atoms with Gasteiger partial charge in [-0.2, -0.15) is 0 Å². The van der Waals surface area contributed by atoms with Gasteiger partial charge in [0.05, 0.1) is 17.2 Å². The second-order valence-electron chi connectivity index (χ2n) is 7.08. The smallest absolute Gasteiger partial charge is 0.224 e. The van der Waals surface area contributed by atoms with Crippen molar-refractivity contribution in [3.05, 3.63) is 45.9 Å². The summed E-state index contributed by atoms with van der Waals surface area (Å²) in [6, 6.07) is 7.85. The first-order valence-corrected chi connectivity index (χ1v) is 10.7. The number of aromatic nitrogens is 1. The molecule has 1 amide bonds. The first kappa shape index (κ1) is 21.9. The van der Waals surface area contributed by atoms with E-state index in [0.29, 0.717) is 18.9 Å². The third-order valence-corrected chi connectivity index (χ3v) is 4.73. The molecular formula is C21H31N5OS. The van der Waals surface area contributed by atoms with Crippen molar-refractivity contribution in [3.63, 3.8) is 0 Å². The Balaban J connectivity index is 1.90. The molecule has 0 saturated carbocycles. The third-order valence-electron chi connectivity index (χ3n) is 3.91. The van der Waals surface area contributed by atoms with Crippen molar-refractivity contribution in [1.29, 1.82) is 0 Å². The van der Waals surface area contributed by atoms with E-state index in [1.807, 2.05) is 52.0 Å². The number of carbonyl (C=O) groups is 1. The maximum atomic E-state index is 12.0. The number of aryl methyl sites for hydroxylation is 1. The van der Waals surface area contributed by atoms with Crippen molar-refractivity contribution in [2.45, 2.75) is 47.1 Å². The van der Waals surface area contributed by atoms with E-state index in [0.717, 1.165) is 47.4 Å². The summed E-state index contributed by atoms with van der Waals surface area (Å²) in [5, 5.41) is 12.8. The van der Waals surface area contributed by atoms with E-state index in [-0.39, 0.29) is 5.91 Å². The van der Waals surface area contributed by atoms with Gasteiger partial charge in [0.2, 0.25) is 5.91 Å². The van der Waals surface area contributed by atoms with Crippen molar-refractivity contribution in [2.24, 2.45) is 10.9 Å². The van der Waals surface area contributed by atoms with Gasteiger partial charge in [0.1, 0.15) is 0 Å². The minimum Gasteiger partial charge on any atom is -0.357 e. The number of hydrogen-bond donors (Lipinski definition) is 3. The number of aliphatic imine (C=N–C) groups is 1. The number of guanidine groups is 1. The zero-order chi connectivity index (χ0) is 20.4.